The van der Waals surface area contributed by atoms with Gasteiger partial charge in [0, 0.05) is 57.8 Å². The summed E-state index contributed by atoms with van der Waals surface area (Å²) in [5, 5.41) is 3.00. The van der Waals surface area contributed by atoms with Gasteiger partial charge in [-0.05, 0) is 39.2 Å². The fourth-order valence-corrected chi connectivity index (χ4v) is 4.21. The van der Waals surface area contributed by atoms with Crippen molar-refractivity contribution >= 4 is 5.91 Å². The van der Waals surface area contributed by atoms with E-state index in [0.29, 0.717) is 19.2 Å². The minimum atomic E-state index is 0.131. The van der Waals surface area contributed by atoms with Crippen LogP contribution in [0, 0.1) is 12.8 Å². The molecule has 2 N–H and O–H groups in total. The van der Waals surface area contributed by atoms with Gasteiger partial charge < -0.3 is 15.0 Å². The van der Waals surface area contributed by atoms with E-state index in [9.17, 15) is 4.79 Å². The zero-order chi connectivity index (χ0) is 18.4. The Hall–Kier alpha value is -1.44. The van der Waals surface area contributed by atoms with Crippen molar-refractivity contribution in [2.24, 2.45) is 5.92 Å². The SMILES string of the molecule is COCCNC(=O)[C@@H]1CCCN(C2CCN(Cc3cnc(C)[nH]3)CC2)C1. The zero-order valence-electron chi connectivity index (χ0n) is 16.2. The number of amides is 1. The number of nitrogens with one attached hydrogen (secondary N) is 2. The van der Waals surface area contributed by atoms with E-state index in [1.807, 2.05) is 13.1 Å². The Morgan fingerprint density at radius 1 is 1.35 bits per heavy atom. The molecular formula is C19H33N5O2. The van der Waals surface area contributed by atoms with Crippen LogP contribution in [-0.2, 0) is 16.1 Å². The summed E-state index contributed by atoms with van der Waals surface area (Å²) >= 11 is 0. The lowest BCUT2D eigenvalue weighted by Crippen LogP contribution is -2.50. The van der Waals surface area contributed by atoms with Gasteiger partial charge in [-0.25, -0.2) is 4.98 Å². The number of aromatic amines is 1. The fraction of sp³-hybridized carbons (Fsp3) is 0.789. The second-order valence-electron chi connectivity index (χ2n) is 7.62. The van der Waals surface area contributed by atoms with Crippen molar-refractivity contribution < 1.29 is 9.53 Å². The topological polar surface area (TPSA) is 73.5 Å². The van der Waals surface area contributed by atoms with Crippen LogP contribution in [0.15, 0.2) is 6.20 Å². The first-order chi connectivity index (χ1) is 12.7. The molecule has 146 valence electrons. The Bertz CT molecular complexity index is 568. The number of ether oxygens (including phenoxy) is 1. The highest BCUT2D eigenvalue weighted by atomic mass is 16.5. The molecule has 0 saturated carbocycles. The lowest BCUT2D eigenvalue weighted by Gasteiger charge is -2.42. The first-order valence-electron chi connectivity index (χ1n) is 9.89. The van der Waals surface area contributed by atoms with Gasteiger partial charge in [-0.3, -0.25) is 14.6 Å². The van der Waals surface area contributed by atoms with Crippen molar-refractivity contribution in [3.63, 3.8) is 0 Å². The number of nitrogens with zero attached hydrogens (tertiary/aromatic N) is 3. The maximum absolute atomic E-state index is 12.3. The first-order valence-corrected chi connectivity index (χ1v) is 9.89. The summed E-state index contributed by atoms with van der Waals surface area (Å²) < 4.78 is 5.01. The summed E-state index contributed by atoms with van der Waals surface area (Å²) in [6.07, 6.45) is 6.44. The molecule has 0 spiro atoms. The molecule has 2 saturated heterocycles. The summed E-state index contributed by atoms with van der Waals surface area (Å²) in [5.74, 6) is 1.31. The van der Waals surface area contributed by atoms with Crippen LogP contribution in [0.1, 0.15) is 37.2 Å². The quantitative estimate of drug-likeness (QED) is 0.711. The molecule has 1 atom stereocenters. The number of carbonyl (C=O) groups excluding carboxylic acids is 1. The predicted octanol–water partition coefficient (Wildman–Crippen LogP) is 1.16. The number of likely N-dealkylation sites (tertiary alicyclic amines) is 2. The number of hydrogen-bond acceptors (Lipinski definition) is 5. The molecule has 2 fully saturated rings. The second kappa shape index (κ2) is 9.48. The molecule has 1 aromatic rings. The normalized spacial score (nSPS) is 23.2. The Balaban J connectivity index is 1.42. The van der Waals surface area contributed by atoms with E-state index in [4.69, 9.17) is 4.74 Å². The van der Waals surface area contributed by atoms with Crippen LogP contribution < -0.4 is 5.32 Å². The number of carbonyl (C=O) groups is 1. The van der Waals surface area contributed by atoms with Crippen molar-refractivity contribution in [2.45, 2.75) is 45.2 Å². The molecule has 1 amide bonds. The van der Waals surface area contributed by atoms with Crippen molar-refractivity contribution in [3.8, 4) is 0 Å². The average molecular weight is 364 g/mol. The largest absolute Gasteiger partial charge is 0.383 e. The number of hydrogen-bond donors (Lipinski definition) is 2. The third-order valence-corrected chi connectivity index (χ3v) is 5.65. The first kappa shape index (κ1) is 19.3. The maximum atomic E-state index is 12.3. The van der Waals surface area contributed by atoms with E-state index >= 15 is 0 Å². The van der Waals surface area contributed by atoms with Gasteiger partial charge in [0.05, 0.1) is 12.5 Å². The van der Waals surface area contributed by atoms with Crippen LogP contribution in [0.4, 0.5) is 0 Å². The van der Waals surface area contributed by atoms with Gasteiger partial charge in [0.1, 0.15) is 5.82 Å². The van der Waals surface area contributed by atoms with E-state index in [1.165, 1.54) is 18.5 Å². The Morgan fingerprint density at radius 2 is 2.15 bits per heavy atom. The molecule has 7 nitrogen and oxygen atoms in total. The lowest BCUT2D eigenvalue weighted by molar-refractivity contribution is -0.127. The van der Waals surface area contributed by atoms with Gasteiger partial charge in [-0.1, -0.05) is 0 Å². The number of imidazole rings is 1. The van der Waals surface area contributed by atoms with Gasteiger partial charge in [-0.15, -0.1) is 0 Å². The molecule has 1 aromatic heterocycles. The smallest absolute Gasteiger partial charge is 0.224 e. The van der Waals surface area contributed by atoms with Gasteiger partial charge in [-0.2, -0.15) is 0 Å². The number of aryl methyl sites for hydroxylation is 1. The Kier molecular flexibility index (Phi) is 7.05. The standard InChI is InChI=1S/C19H33N5O2/c1-15-21-12-17(22-15)14-23-9-5-18(6-10-23)24-8-3-4-16(13-24)19(25)20-7-11-26-2/h12,16,18H,3-11,13-14H2,1-2H3,(H,20,25)(H,21,22)/t16-/m1/s1. The summed E-state index contributed by atoms with van der Waals surface area (Å²) in [7, 11) is 1.66. The van der Waals surface area contributed by atoms with Crippen molar-refractivity contribution in [3.05, 3.63) is 17.7 Å². The van der Waals surface area contributed by atoms with Crippen molar-refractivity contribution in [2.75, 3.05) is 46.4 Å². The maximum Gasteiger partial charge on any atom is 0.224 e. The van der Waals surface area contributed by atoms with Crippen molar-refractivity contribution in [1.82, 2.24) is 25.1 Å². The average Bonchev–Trinajstić information content (AvgIpc) is 3.07. The molecule has 0 aliphatic carbocycles. The van der Waals surface area contributed by atoms with Crippen molar-refractivity contribution in [1.29, 1.82) is 0 Å². The summed E-state index contributed by atoms with van der Waals surface area (Å²) in [6.45, 7) is 8.41. The number of aromatic nitrogens is 2. The zero-order valence-corrected chi connectivity index (χ0v) is 16.2. The van der Waals surface area contributed by atoms with Gasteiger partial charge in [0.2, 0.25) is 5.91 Å². The minimum Gasteiger partial charge on any atom is -0.383 e. The van der Waals surface area contributed by atoms with Crippen LogP contribution in [-0.4, -0.2) is 78.2 Å². The Labute approximate surface area is 156 Å². The molecule has 3 rings (SSSR count). The van der Waals surface area contributed by atoms with Crippen LogP contribution in [0.3, 0.4) is 0 Å². The summed E-state index contributed by atoms with van der Waals surface area (Å²) in [6, 6.07) is 0.615. The monoisotopic (exact) mass is 363 g/mol. The van der Waals surface area contributed by atoms with Gasteiger partial charge >= 0.3 is 0 Å². The highest BCUT2D eigenvalue weighted by Crippen LogP contribution is 2.24. The molecule has 3 heterocycles. The number of piperidine rings is 2. The number of rotatable bonds is 7. The molecule has 2 aliphatic rings. The van der Waals surface area contributed by atoms with Crippen LogP contribution in [0.25, 0.3) is 0 Å². The third-order valence-electron chi connectivity index (χ3n) is 5.65. The molecule has 0 aromatic carbocycles. The molecule has 0 unspecified atom stereocenters. The van der Waals surface area contributed by atoms with E-state index < -0.39 is 0 Å². The van der Waals surface area contributed by atoms with E-state index in [2.05, 4.69) is 25.1 Å². The highest BCUT2D eigenvalue weighted by molar-refractivity contribution is 5.78. The van der Waals surface area contributed by atoms with Crippen LogP contribution in [0.2, 0.25) is 0 Å². The molecule has 2 aliphatic heterocycles. The molecule has 0 radical (unpaired) electrons. The van der Waals surface area contributed by atoms with Gasteiger partial charge in [0.15, 0.2) is 0 Å². The lowest BCUT2D eigenvalue weighted by atomic mass is 9.93. The van der Waals surface area contributed by atoms with Crippen LogP contribution >= 0.6 is 0 Å². The molecule has 0 bridgehead atoms. The minimum absolute atomic E-state index is 0.131. The second-order valence-corrected chi connectivity index (χ2v) is 7.62. The molecular weight excluding hydrogens is 330 g/mol. The Morgan fingerprint density at radius 3 is 2.85 bits per heavy atom. The highest BCUT2D eigenvalue weighted by Gasteiger charge is 2.31. The van der Waals surface area contributed by atoms with E-state index in [0.717, 1.165) is 51.4 Å². The molecule has 26 heavy (non-hydrogen) atoms. The van der Waals surface area contributed by atoms with E-state index in [-0.39, 0.29) is 11.8 Å². The van der Waals surface area contributed by atoms with Crippen LogP contribution in [0.5, 0.6) is 0 Å². The summed E-state index contributed by atoms with van der Waals surface area (Å²) in [4.78, 5) is 25.0. The predicted molar refractivity (Wildman–Crippen MR) is 101 cm³/mol. The van der Waals surface area contributed by atoms with Gasteiger partial charge in [0.25, 0.3) is 0 Å². The summed E-state index contributed by atoms with van der Waals surface area (Å²) in [5.41, 5.74) is 1.20. The number of methoxy groups -OCH3 is 1. The molecule has 7 heteroatoms. The number of H-pyrrole nitrogens is 1. The van der Waals surface area contributed by atoms with E-state index in [1.54, 1.807) is 7.11 Å². The fourth-order valence-electron chi connectivity index (χ4n) is 4.21. The third kappa shape index (κ3) is 5.28.